The first kappa shape index (κ1) is 14.9. The third kappa shape index (κ3) is 5.99. The molecule has 112 valence electrons. The van der Waals surface area contributed by atoms with Gasteiger partial charge in [0.1, 0.15) is 11.6 Å². The minimum Gasteiger partial charge on any atom is -0.467 e. The molecule has 2 heterocycles. The van der Waals surface area contributed by atoms with Gasteiger partial charge in [-0.1, -0.05) is 6.07 Å². The van der Waals surface area contributed by atoms with Crippen LogP contribution in [0, 0.1) is 0 Å². The molecule has 6 nitrogen and oxygen atoms in total. The van der Waals surface area contributed by atoms with E-state index in [1.54, 1.807) is 18.5 Å². The zero-order valence-corrected chi connectivity index (χ0v) is 11.8. The van der Waals surface area contributed by atoms with Crippen LogP contribution >= 0.6 is 0 Å². The quantitative estimate of drug-likeness (QED) is 0.652. The lowest BCUT2D eigenvalue weighted by molar-refractivity contribution is 0.239. The molecule has 0 atom stereocenters. The van der Waals surface area contributed by atoms with Gasteiger partial charge < -0.3 is 20.4 Å². The molecule has 0 aliphatic carbocycles. The maximum atomic E-state index is 11.5. The fraction of sp³-hybridized carbons (Fsp3) is 0.333. The second-order valence-electron chi connectivity index (χ2n) is 4.54. The fourth-order valence-corrected chi connectivity index (χ4v) is 1.78. The molecule has 2 rings (SSSR count). The molecule has 0 aromatic carbocycles. The molecular weight excluding hydrogens is 268 g/mol. The predicted octanol–water partition coefficient (Wildman–Crippen LogP) is 2.37. The average molecular weight is 288 g/mol. The van der Waals surface area contributed by atoms with E-state index in [4.69, 9.17) is 4.42 Å². The van der Waals surface area contributed by atoms with Gasteiger partial charge >= 0.3 is 6.03 Å². The van der Waals surface area contributed by atoms with Gasteiger partial charge in [-0.05, 0) is 37.1 Å². The molecule has 2 amide bonds. The van der Waals surface area contributed by atoms with Crippen LogP contribution in [0.1, 0.15) is 18.6 Å². The summed E-state index contributed by atoms with van der Waals surface area (Å²) < 4.78 is 5.13. The Labute approximate surface area is 124 Å². The maximum Gasteiger partial charge on any atom is 0.315 e. The van der Waals surface area contributed by atoms with Gasteiger partial charge in [-0.15, -0.1) is 0 Å². The Bertz CT molecular complexity index is 514. The molecule has 0 saturated heterocycles. The lowest BCUT2D eigenvalue weighted by atomic mass is 10.3. The molecule has 21 heavy (non-hydrogen) atoms. The number of amides is 2. The van der Waals surface area contributed by atoms with E-state index in [0.717, 1.165) is 31.0 Å². The minimum absolute atomic E-state index is 0.177. The summed E-state index contributed by atoms with van der Waals surface area (Å²) in [4.78, 5) is 15.7. The highest BCUT2D eigenvalue weighted by Gasteiger charge is 2.01. The van der Waals surface area contributed by atoms with Crippen LogP contribution in [-0.2, 0) is 6.54 Å². The summed E-state index contributed by atoms with van der Waals surface area (Å²) in [6, 6.07) is 9.20. The van der Waals surface area contributed by atoms with E-state index in [2.05, 4.69) is 20.9 Å². The topological polar surface area (TPSA) is 79.2 Å². The lowest BCUT2D eigenvalue weighted by Gasteiger charge is -2.07. The monoisotopic (exact) mass is 288 g/mol. The van der Waals surface area contributed by atoms with Gasteiger partial charge in [0, 0.05) is 19.3 Å². The van der Waals surface area contributed by atoms with Crippen molar-refractivity contribution in [2.24, 2.45) is 0 Å². The SMILES string of the molecule is O=C(NCCCCNc1ccccn1)NCc1ccco1. The van der Waals surface area contributed by atoms with E-state index in [1.165, 1.54) is 0 Å². The average Bonchev–Trinajstić information content (AvgIpc) is 3.03. The number of aromatic nitrogens is 1. The Balaban J connectivity index is 1.47. The van der Waals surface area contributed by atoms with Crippen molar-refractivity contribution in [2.75, 3.05) is 18.4 Å². The molecule has 6 heteroatoms. The molecule has 0 saturated carbocycles. The minimum atomic E-state index is -0.177. The first-order chi connectivity index (χ1) is 10.3. The van der Waals surface area contributed by atoms with Crippen LogP contribution in [0.2, 0.25) is 0 Å². The van der Waals surface area contributed by atoms with Crippen LogP contribution in [0.5, 0.6) is 0 Å². The summed E-state index contributed by atoms with van der Waals surface area (Å²) in [6.07, 6.45) is 5.22. The molecule has 0 radical (unpaired) electrons. The van der Waals surface area contributed by atoms with Gasteiger partial charge in [0.05, 0.1) is 12.8 Å². The highest BCUT2D eigenvalue weighted by Crippen LogP contribution is 2.00. The summed E-state index contributed by atoms with van der Waals surface area (Å²) in [5, 5.41) is 8.77. The number of rotatable bonds is 8. The number of carbonyl (C=O) groups is 1. The molecule has 0 bridgehead atoms. The second kappa shape index (κ2) is 8.63. The van der Waals surface area contributed by atoms with Crippen molar-refractivity contribution in [1.29, 1.82) is 0 Å². The molecule has 0 unspecified atom stereocenters. The number of pyridine rings is 1. The summed E-state index contributed by atoms with van der Waals surface area (Å²) in [7, 11) is 0. The Hall–Kier alpha value is -2.50. The van der Waals surface area contributed by atoms with Gasteiger partial charge in [-0.25, -0.2) is 9.78 Å². The normalized spacial score (nSPS) is 10.1. The summed E-state index contributed by atoms with van der Waals surface area (Å²) >= 11 is 0. The molecule has 2 aromatic heterocycles. The second-order valence-corrected chi connectivity index (χ2v) is 4.54. The first-order valence-corrected chi connectivity index (χ1v) is 7.03. The zero-order valence-electron chi connectivity index (χ0n) is 11.8. The Morgan fingerprint density at radius 3 is 2.76 bits per heavy atom. The van der Waals surface area contributed by atoms with Gasteiger partial charge in [0.15, 0.2) is 0 Å². The number of furan rings is 1. The van der Waals surface area contributed by atoms with Crippen LogP contribution in [0.25, 0.3) is 0 Å². The number of anilines is 1. The lowest BCUT2D eigenvalue weighted by Crippen LogP contribution is -2.35. The highest BCUT2D eigenvalue weighted by molar-refractivity contribution is 5.73. The van der Waals surface area contributed by atoms with Crippen LogP contribution in [0.3, 0.4) is 0 Å². The number of nitrogens with zero attached hydrogens (tertiary/aromatic N) is 1. The molecule has 0 fully saturated rings. The van der Waals surface area contributed by atoms with Gasteiger partial charge in [0.25, 0.3) is 0 Å². The number of urea groups is 1. The van der Waals surface area contributed by atoms with E-state index in [1.807, 2.05) is 24.3 Å². The van der Waals surface area contributed by atoms with Gasteiger partial charge in [0.2, 0.25) is 0 Å². The predicted molar refractivity (Wildman–Crippen MR) is 80.9 cm³/mol. The number of unbranched alkanes of at least 4 members (excludes halogenated alkanes) is 1. The van der Waals surface area contributed by atoms with Crippen molar-refractivity contribution in [2.45, 2.75) is 19.4 Å². The summed E-state index contributed by atoms with van der Waals surface area (Å²) in [5.41, 5.74) is 0. The number of carbonyl (C=O) groups excluding carboxylic acids is 1. The molecule has 3 N–H and O–H groups in total. The van der Waals surface area contributed by atoms with E-state index in [9.17, 15) is 4.79 Å². The smallest absolute Gasteiger partial charge is 0.315 e. The fourth-order valence-electron chi connectivity index (χ4n) is 1.78. The molecule has 0 aliphatic heterocycles. The Morgan fingerprint density at radius 2 is 2.00 bits per heavy atom. The van der Waals surface area contributed by atoms with Crippen LogP contribution in [0.15, 0.2) is 47.2 Å². The molecular formula is C15H20N4O2. The van der Waals surface area contributed by atoms with Crippen molar-refractivity contribution in [3.63, 3.8) is 0 Å². The van der Waals surface area contributed by atoms with Crippen LogP contribution < -0.4 is 16.0 Å². The van der Waals surface area contributed by atoms with E-state index in [-0.39, 0.29) is 6.03 Å². The van der Waals surface area contributed by atoms with E-state index < -0.39 is 0 Å². The van der Waals surface area contributed by atoms with Gasteiger partial charge in [-0.3, -0.25) is 0 Å². The summed E-state index contributed by atoms with van der Waals surface area (Å²) in [5.74, 6) is 1.62. The van der Waals surface area contributed by atoms with E-state index >= 15 is 0 Å². The van der Waals surface area contributed by atoms with Crippen molar-refractivity contribution in [1.82, 2.24) is 15.6 Å². The Kier molecular flexibility index (Phi) is 6.12. The van der Waals surface area contributed by atoms with E-state index in [0.29, 0.717) is 13.1 Å². The third-order valence-electron chi connectivity index (χ3n) is 2.86. The highest BCUT2D eigenvalue weighted by atomic mass is 16.3. The molecule has 2 aromatic rings. The largest absolute Gasteiger partial charge is 0.467 e. The number of nitrogens with one attached hydrogen (secondary N) is 3. The summed E-state index contributed by atoms with van der Waals surface area (Å²) in [6.45, 7) is 1.89. The molecule has 0 aliphatic rings. The van der Waals surface area contributed by atoms with Crippen molar-refractivity contribution < 1.29 is 9.21 Å². The number of hydrogen-bond acceptors (Lipinski definition) is 4. The number of hydrogen-bond donors (Lipinski definition) is 3. The van der Waals surface area contributed by atoms with Crippen molar-refractivity contribution in [3.05, 3.63) is 48.6 Å². The molecule has 0 spiro atoms. The van der Waals surface area contributed by atoms with Gasteiger partial charge in [-0.2, -0.15) is 0 Å². The zero-order chi connectivity index (χ0) is 14.8. The third-order valence-corrected chi connectivity index (χ3v) is 2.86. The van der Waals surface area contributed by atoms with Crippen molar-refractivity contribution >= 4 is 11.8 Å². The first-order valence-electron chi connectivity index (χ1n) is 7.03. The maximum absolute atomic E-state index is 11.5. The van der Waals surface area contributed by atoms with Crippen molar-refractivity contribution in [3.8, 4) is 0 Å². The Morgan fingerprint density at radius 1 is 1.10 bits per heavy atom. The van der Waals surface area contributed by atoms with Crippen LogP contribution in [0.4, 0.5) is 10.6 Å². The standard InChI is InChI=1S/C15H20N4O2/c20-15(19-12-13-6-5-11-21-13)18-10-4-3-9-17-14-7-1-2-8-16-14/h1-2,5-8,11H,3-4,9-10,12H2,(H,16,17)(H2,18,19,20). The van der Waals surface area contributed by atoms with Crippen LogP contribution in [-0.4, -0.2) is 24.1 Å².